The van der Waals surface area contributed by atoms with Gasteiger partial charge in [-0.05, 0) is 46.3 Å². The molecule has 0 atom stereocenters. The summed E-state index contributed by atoms with van der Waals surface area (Å²) in [4.78, 5) is 23.5. The van der Waals surface area contributed by atoms with Gasteiger partial charge in [0.15, 0.2) is 5.58 Å². The Hall–Kier alpha value is -2.41. The van der Waals surface area contributed by atoms with Crippen molar-refractivity contribution in [3.05, 3.63) is 62.8 Å². The topological polar surface area (TPSA) is 64.2 Å². The van der Waals surface area contributed by atoms with Crippen LogP contribution in [0.1, 0.15) is 10.4 Å². The number of benzene rings is 2. The van der Waals surface area contributed by atoms with Crippen LogP contribution in [-0.2, 0) is 7.05 Å². The number of aryl methyl sites for hydroxylation is 1. The summed E-state index contributed by atoms with van der Waals surface area (Å²) < 4.78 is 20.2. The first kappa shape index (κ1) is 14.5. The molecule has 0 fully saturated rings. The van der Waals surface area contributed by atoms with Crippen LogP contribution in [-0.4, -0.2) is 10.5 Å². The van der Waals surface area contributed by atoms with E-state index in [1.165, 1.54) is 16.7 Å². The van der Waals surface area contributed by atoms with Crippen LogP contribution in [0.25, 0.3) is 11.1 Å². The van der Waals surface area contributed by atoms with Crippen molar-refractivity contribution in [2.75, 3.05) is 5.32 Å². The van der Waals surface area contributed by atoms with Gasteiger partial charge >= 0.3 is 5.76 Å². The normalized spacial score (nSPS) is 10.9. The van der Waals surface area contributed by atoms with Crippen molar-refractivity contribution in [1.82, 2.24) is 4.57 Å². The van der Waals surface area contributed by atoms with Crippen LogP contribution in [0.4, 0.5) is 10.1 Å². The summed E-state index contributed by atoms with van der Waals surface area (Å²) in [6.07, 6.45) is 0. The summed E-state index contributed by atoms with van der Waals surface area (Å²) in [7, 11) is 1.59. The van der Waals surface area contributed by atoms with Crippen LogP contribution in [0.5, 0.6) is 0 Å². The maximum atomic E-state index is 13.5. The highest BCUT2D eigenvalue weighted by Crippen LogP contribution is 2.20. The number of carbonyl (C=O) groups excluding carboxylic acids is 1. The van der Waals surface area contributed by atoms with Gasteiger partial charge in [0.1, 0.15) is 5.82 Å². The third kappa shape index (κ3) is 2.55. The van der Waals surface area contributed by atoms with Gasteiger partial charge in [-0.25, -0.2) is 9.18 Å². The number of hydrogen-bond donors (Lipinski definition) is 1. The fraction of sp³-hybridized carbons (Fsp3) is 0.0667. The molecule has 0 saturated carbocycles. The quantitative estimate of drug-likeness (QED) is 0.758. The standard InChI is InChI=1S/C15H10BrFN2O3/c1-19-12-5-3-9(7-13(12)22-15(19)21)18-14(20)8-2-4-10(16)11(17)6-8/h2-7H,1H3,(H,18,20). The highest BCUT2D eigenvalue weighted by Gasteiger charge is 2.11. The molecule has 3 rings (SSSR count). The molecule has 0 aliphatic heterocycles. The van der Waals surface area contributed by atoms with E-state index in [4.69, 9.17) is 4.42 Å². The molecule has 1 amide bonds. The lowest BCUT2D eigenvalue weighted by atomic mass is 10.2. The zero-order chi connectivity index (χ0) is 15.9. The van der Waals surface area contributed by atoms with E-state index < -0.39 is 17.5 Å². The van der Waals surface area contributed by atoms with Crippen LogP contribution < -0.4 is 11.1 Å². The van der Waals surface area contributed by atoms with Gasteiger partial charge in [-0.2, -0.15) is 0 Å². The fourth-order valence-electron chi connectivity index (χ4n) is 2.05. The maximum Gasteiger partial charge on any atom is 0.419 e. The lowest BCUT2D eigenvalue weighted by molar-refractivity contribution is 0.102. The van der Waals surface area contributed by atoms with E-state index in [-0.39, 0.29) is 10.0 Å². The number of amides is 1. The largest absolute Gasteiger partial charge is 0.419 e. The van der Waals surface area contributed by atoms with Gasteiger partial charge in [0.05, 0.1) is 9.99 Å². The molecule has 0 bridgehead atoms. The molecule has 7 heteroatoms. The zero-order valence-corrected chi connectivity index (χ0v) is 13.0. The first-order valence-corrected chi connectivity index (χ1v) is 7.11. The summed E-state index contributed by atoms with van der Waals surface area (Å²) in [6.45, 7) is 0. The summed E-state index contributed by atoms with van der Waals surface area (Å²) in [5.74, 6) is -1.45. The van der Waals surface area contributed by atoms with Gasteiger partial charge in [-0.3, -0.25) is 9.36 Å². The molecule has 0 radical (unpaired) electrons. The number of hydrogen-bond acceptors (Lipinski definition) is 3. The summed E-state index contributed by atoms with van der Waals surface area (Å²) in [5, 5.41) is 2.63. The number of halogens is 2. The van der Waals surface area contributed by atoms with Gasteiger partial charge in [0.2, 0.25) is 0 Å². The number of oxazole rings is 1. The van der Waals surface area contributed by atoms with Crippen LogP contribution in [0.15, 0.2) is 50.1 Å². The molecule has 0 unspecified atom stereocenters. The highest BCUT2D eigenvalue weighted by molar-refractivity contribution is 9.10. The summed E-state index contributed by atoms with van der Waals surface area (Å²) >= 11 is 3.03. The number of rotatable bonds is 2. The first-order valence-electron chi connectivity index (χ1n) is 6.31. The molecule has 2 aromatic carbocycles. The molecular formula is C15H10BrFN2O3. The highest BCUT2D eigenvalue weighted by atomic mass is 79.9. The van der Waals surface area contributed by atoms with Gasteiger partial charge < -0.3 is 9.73 Å². The zero-order valence-electron chi connectivity index (χ0n) is 11.4. The third-order valence-electron chi connectivity index (χ3n) is 3.23. The monoisotopic (exact) mass is 364 g/mol. The van der Waals surface area contributed by atoms with E-state index in [1.54, 1.807) is 25.2 Å². The molecule has 1 aromatic heterocycles. The second kappa shape index (κ2) is 5.42. The van der Waals surface area contributed by atoms with E-state index in [0.29, 0.717) is 16.8 Å². The van der Waals surface area contributed by atoms with E-state index in [2.05, 4.69) is 21.2 Å². The predicted octanol–water partition coefficient (Wildman–Crippen LogP) is 3.29. The van der Waals surface area contributed by atoms with Crippen molar-refractivity contribution in [1.29, 1.82) is 0 Å². The first-order chi connectivity index (χ1) is 10.5. The lowest BCUT2D eigenvalue weighted by Crippen LogP contribution is -2.12. The minimum Gasteiger partial charge on any atom is -0.408 e. The van der Waals surface area contributed by atoms with Crippen LogP contribution in [0, 0.1) is 5.82 Å². The SMILES string of the molecule is Cn1c(=O)oc2cc(NC(=O)c3ccc(Br)c(F)c3)ccc21. The molecule has 1 N–H and O–H groups in total. The third-order valence-corrected chi connectivity index (χ3v) is 3.88. The van der Waals surface area contributed by atoms with E-state index >= 15 is 0 Å². The second-order valence-electron chi connectivity index (χ2n) is 4.69. The summed E-state index contributed by atoms with van der Waals surface area (Å²) in [6, 6.07) is 8.96. The number of fused-ring (bicyclic) bond motifs is 1. The molecule has 0 aliphatic rings. The number of carbonyl (C=O) groups is 1. The second-order valence-corrected chi connectivity index (χ2v) is 5.55. The Morgan fingerprint density at radius 3 is 2.77 bits per heavy atom. The molecular weight excluding hydrogens is 355 g/mol. The van der Waals surface area contributed by atoms with Crippen LogP contribution in [0.3, 0.4) is 0 Å². The molecule has 22 heavy (non-hydrogen) atoms. The van der Waals surface area contributed by atoms with Gasteiger partial charge in [-0.1, -0.05) is 0 Å². The van der Waals surface area contributed by atoms with Crippen molar-refractivity contribution in [3.8, 4) is 0 Å². The number of aromatic nitrogens is 1. The smallest absolute Gasteiger partial charge is 0.408 e. The predicted molar refractivity (Wildman–Crippen MR) is 83.5 cm³/mol. The lowest BCUT2D eigenvalue weighted by Gasteiger charge is -2.06. The fourth-order valence-corrected chi connectivity index (χ4v) is 2.30. The van der Waals surface area contributed by atoms with E-state index in [0.717, 1.165) is 6.07 Å². The Labute approximate surface area is 132 Å². The molecule has 112 valence electrons. The molecule has 0 spiro atoms. The average Bonchev–Trinajstić information content (AvgIpc) is 2.76. The van der Waals surface area contributed by atoms with Gasteiger partial charge in [0.25, 0.3) is 5.91 Å². The number of nitrogens with one attached hydrogen (secondary N) is 1. The van der Waals surface area contributed by atoms with Gasteiger partial charge in [-0.15, -0.1) is 0 Å². The maximum absolute atomic E-state index is 13.5. The van der Waals surface area contributed by atoms with Crippen LogP contribution in [0.2, 0.25) is 0 Å². The van der Waals surface area contributed by atoms with Crippen LogP contribution >= 0.6 is 15.9 Å². The Morgan fingerprint density at radius 1 is 1.27 bits per heavy atom. The minimum absolute atomic E-state index is 0.190. The Bertz CT molecular complexity index is 946. The van der Waals surface area contributed by atoms with Crippen molar-refractivity contribution in [2.24, 2.45) is 7.05 Å². The summed E-state index contributed by atoms with van der Waals surface area (Å²) in [5.41, 5.74) is 1.63. The van der Waals surface area contributed by atoms with Crippen molar-refractivity contribution < 1.29 is 13.6 Å². The number of nitrogens with zero attached hydrogens (tertiary/aromatic N) is 1. The molecule has 5 nitrogen and oxygen atoms in total. The van der Waals surface area contributed by atoms with Crippen molar-refractivity contribution >= 4 is 38.6 Å². The van der Waals surface area contributed by atoms with E-state index in [1.807, 2.05) is 0 Å². The van der Waals surface area contributed by atoms with Crippen molar-refractivity contribution in [2.45, 2.75) is 0 Å². The Morgan fingerprint density at radius 2 is 2.05 bits per heavy atom. The van der Waals surface area contributed by atoms with E-state index in [9.17, 15) is 14.0 Å². The Kier molecular flexibility index (Phi) is 3.58. The number of anilines is 1. The molecule has 0 aliphatic carbocycles. The Balaban J connectivity index is 1.90. The average molecular weight is 365 g/mol. The molecule has 1 heterocycles. The van der Waals surface area contributed by atoms with Crippen molar-refractivity contribution in [3.63, 3.8) is 0 Å². The molecule has 3 aromatic rings. The molecule has 0 saturated heterocycles. The van der Waals surface area contributed by atoms with Gasteiger partial charge in [0, 0.05) is 24.4 Å². The minimum atomic E-state index is -0.517.